The SMILES string of the molecule is CN(C(=O)c1cccs1)[C@@H]1CN(c2ccc(N3CCOCC3=O)cc2)C(=O)O1. The number of amides is 3. The molecule has 2 aromatic rings. The van der Waals surface area contributed by atoms with Gasteiger partial charge in [0, 0.05) is 25.0 Å². The second-order valence-electron chi connectivity index (χ2n) is 6.46. The molecular weight excluding hydrogens is 382 g/mol. The maximum absolute atomic E-state index is 12.5. The van der Waals surface area contributed by atoms with E-state index in [2.05, 4.69) is 0 Å². The first-order chi connectivity index (χ1) is 13.5. The number of carbonyl (C=O) groups excluding carboxylic acids is 3. The summed E-state index contributed by atoms with van der Waals surface area (Å²) in [5.41, 5.74) is 1.40. The number of carbonyl (C=O) groups is 3. The number of rotatable bonds is 4. The van der Waals surface area contributed by atoms with Gasteiger partial charge in [-0.3, -0.25) is 14.5 Å². The monoisotopic (exact) mass is 401 g/mol. The molecule has 2 fully saturated rings. The third kappa shape index (κ3) is 3.46. The molecule has 2 saturated heterocycles. The first kappa shape index (κ1) is 18.5. The standard InChI is InChI=1S/C19H19N3O5S/c1-20(18(24)15-3-2-10-28-15)17-11-22(19(25)27-17)14-6-4-13(5-7-14)21-8-9-26-12-16(21)23/h2-7,10,17H,8-9,11-12H2,1H3/t17-/m0/s1. The van der Waals surface area contributed by atoms with Crippen LogP contribution >= 0.6 is 11.3 Å². The second-order valence-corrected chi connectivity index (χ2v) is 7.40. The van der Waals surface area contributed by atoms with Crippen LogP contribution in [0.1, 0.15) is 9.67 Å². The normalized spacial score (nSPS) is 19.7. The summed E-state index contributed by atoms with van der Waals surface area (Å²) in [7, 11) is 1.62. The van der Waals surface area contributed by atoms with E-state index in [1.54, 1.807) is 48.3 Å². The Morgan fingerprint density at radius 3 is 2.50 bits per heavy atom. The highest BCUT2D eigenvalue weighted by Gasteiger charge is 2.37. The summed E-state index contributed by atoms with van der Waals surface area (Å²) in [4.78, 5) is 41.9. The van der Waals surface area contributed by atoms with Crippen molar-refractivity contribution in [1.82, 2.24) is 4.90 Å². The average Bonchev–Trinajstić information content (AvgIpc) is 3.37. The van der Waals surface area contributed by atoms with Crippen LogP contribution in [0.5, 0.6) is 0 Å². The number of morpholine rings is 1. The Kier molecular flexibility index (Phi) is 5.01. The van der Waals surface area contributed by atoms with Crippen molar-refractivity contribution in [2.45, 2.75) is 6.23 Å². The highest BCUT2D eigenvalue weighted by atomic mass is 32.1. The summed E-state index contributed by atoms with van der Waals surface area (Å²) in [5.74, 6) is -0.274. The molecule has 0 saturated carbocycles. The van der Waals surface area contributed by atoms with Crippen LogP contribution in [0.15, 0.2) is 41.8 Å². The fourth-order valence-electron chi connectivity index (χ4n) is 3.17. The van der Waals surface area contributed by atoms with Gasteiger partial charge >= 0.3 is 6.09 Å². The summed E-state index contributed by atoms with van der Waals surface area (Å²) < 4.78 is 10.5. The van der Waals surface area contributed by atoms with Crippen LogP contribution in [0.4, 0.5) is 16.2 Å². The lowest BCUT2D eigenvalue weighted by Gasteiger charge is -2.27. The predicted octanol–water partition coefficient (Wildman–Crippen LogP) is 2.17. The zero-order valence-electron chi connectivity index (χ0n) is 15.2. The molecule has 1 aromatic carbocycles. The van der Waals surface area contributed by atoms with Gasteiger partial charge in [-0.15, -0.1) is 11.3 Å². The van der Waals surface area contributed by atoms with Gasteiger partial charge in [0.05, 0.1) is 18.0 Å². The smallest absolute Gasteiger partial charge is 0.416 e. The van der Waals surface area contributed by atoms with Gasteiger partial charge in [-0.1, -0.05) is 6.07 Å². The number of nitrogens with zero attached hydrogens (tertiary/aromatic N) is 3. The molecule has 146 valence electrons. The Morgan fingerprint density at radius 1 is 1.14 bits per heavy atom. The molecule has 0 unspecified atom stereocenters. The molecular formula is C19H19N3O5S. The average molecular weight is 401 g/mol. The minimum absolute atomic E-state index is 0.0759. The topological polar surface area (TPSA) is 79.4 Å². The zero-order valence-corrected chi connectivity index (χ0v) is 16.1. The first-order valence-electron chi connectivity index (χ1n) is 8.81. The van der Waals surface area contributed by atoms with Gasteiger partial charge in [0.2, 0.25) is 0 Å². The van der Waals surface area contributed by atoms with E-state index in [9.17, 15) is 14.4 Å². The number of hydrogen-bond acceptors (Lipinski definition) is 6. The Bertz CT molecular complexity index is 883. The van der Waals surface area contributed by atoms with E-state index in [1.807, 2.05) is 5.38 Å². The molecule has 0 N–H and O–H groups in total. The fourth-order valence-corrected chi connectivity index (χ4v) is 3.87. The van der Waals surface area contributed by atoms with Crippen LogP contribution in [-0.4, -0.2) is 62.4 Å². The number of ether oxygens (including phenoxy) is 2. The van der Waals surface area contributed by atoms with Crippen molar-refractivity contribution in [3.8, 4) is 0 Å². The molecule has 4 rings (SSSR count). The molecule has 3 amide bonds. The van der Waals surface area contributed by atoms with Crippen molar-refractivity contribution in [3.05, 3.63) is 46.7 Å². The van der Waals surface area contributed by atoms with Crippen molar-refractivity contribution in [2.24, 2.45) is 0 Å². The van der Waals surface area contributed by atoms with Gasteiger partial charge in [0.25, 0.3) is 11.8 Å². The lowest BCUT2D eigenvalue weighted by Crippen LogP contribution is -2.41. The van der Waals surface area contributed by atoms with E-state index in [0.29, 0.717) is 23.7 Å². The molecule has 3 heterocycles. The summed E-state index contributed by atoms with van der Waals surface area (Å²) in [6, 6.07) is 10.7. The molecule has 2 aliphatic rings. The highest BCUT2D eigenvalue weighted by Crippen LogP contribution is 2.27. The second kappa shape index (κ2) is 7.61. The van der Waals surface area contributed by atoms with Crippen molar-refractivity contribution in [3.63, 3.8) is 0 Å². The van der Waals surface area contributed by atoms with Gasteiger partial charge in [-0.2, -0.15) is 0 Å². The van der Waals surface area contributed by atoms with E-state index in [1.165, 1.54) is 21.1 Å². The maximum Gasteiger partial charge on any atom is 0.416 e. The van der Waals surface area contributed by atoms with Crippen LogP contribution in [0.3, 0.4) is 0 Å². The highest BCUT2D eigenvalue weighted by molar-refractivity contribution is 7.12. The third-order valence-corrected chi connectivity index (χ3v) is 5.60. The first-order valence-corrected chi connectivity index (χ1v) is 9.69. The summed E-state index contributed by atoms with van der Waals surface area (Å²) >= 11 is 1.35. The maximum atomic E-state index is 12.5. The Hall–Kier alpha value is -2.91. The predicted molar refractivity (Wildman–Crippen MR) is 104 cm³/mol. The van der Waals surface area contributed by atoms with Crippen molar-refractivity contribution in [1.29, 1.82) is 0 Å². The van der Waals surface area contributed by atoms with Gasteiger partial charge in [-0.05, 0) is 35.7 Å². The fraction of sp³-hybridized carbons (Fsp3) is 0.316. The summed E-state index contributed by atoms with van der Waals surface area (Å²) in [6.07, 6.45) is -1.17. The minimum Gasteiger partial charge on any atom is -0.423 e. The number of anilines is 2. The number of benzene rings is 1. The lowest BCUT2D eigenvalue weighted by atomic mass is 10.2. The minimum atomic E-state index is -0.664. The van der Waals surface area contributed by atoms with Gasteiger partial charge in [0.1, 0.15) is 6.61 Å². The van der Waals surface area contributed by atoms with Crippen LogP contribution < -0.4 is 9.80 Å². The molecule has 2 aliphatic heterocycles. The number of likely N-dealkylation sites (N-methyl/N-ethyl adjacent to an activating group) is 1. The van der Waals surface area contributed by atoms with E-state index < -0.39 is 12.3 Å². The zero-order chi connectivity index (χ0) is 19.7. The molecule has 9 heteroatoms. The van der Waals surface area contributed by atoms with Crippen molar-refractivity contribution >= 4 is 40.6 Å². The molecule has 0 bridgehead atoms. The molecule has 28 heavy (non-hydrogen) atoms. The van der Waals surface area contributed by atoms with Gasteiger partial charge in [-0.25, -0.2) is 4.79 Å². The van der Waals surface area contributed by atoms with Crippen molar-refractivity contribution < 1.29 is 23.9 Å². The Morgan fingerprint density at radius 2 is 1.86 bits per heavy atom. The Labute approximate surface area is 165 Å². The largest absolute Gasteiger partial charge is 0.423 e. The number of hydrogen-bond donors (Lipinski definition) is 0. The van der Waals surface area contributed by atoms with E-state index in [4.69, 9.17) is 9.47 Å². The van der Waals surface area contributed by atoms with Crippen LogP contribution in [0.2, 0.25) is 0 Å². The summed E-state index contributed by atoms with van der Waals surface area (Å²) in [5, 5.41) is 1.83. The quantitative estimate of drug-likeness (QED) is 0.785. The van der Waals surface area contributed by atoms with Crippen LogP contribution in [-0.2, 0) is 14.3 Å². The molecule has 8 nitrogen and oxygen atoms in total. The van der Waals surface area contributed by atoms with E-state index in [-0.39, 0.29) is 25.0 Å². The van der Waals surface area contributed by atoms with Crippen LogP contribution in [0, 0.1) is 0 Å². The lowest BCUT2D eigenvalue weighted by molar-refractivity contribution is -0.125. The van der Waals surface area contributed by atoms with E-state index >= 15 is 0 Å². The molecule has 0 aliphatic carbocycles. The number of thiophene rings is 1. The van der Waals surface area contributed by atoms with Gasteiger partial charge in [0.15, 0.2) is 6.23 Å². The van der Waals surface area contributed by atoms with Crippen LogP contribution in [0.25, 0.3) is 0 Å². The summed E-state index contributed by atoms with van der Waals surface area (Å²) in [6.45, 7) is 1.31. The van der Waals surface area contributed by atoms with E-state index in [0.717, 1.165) is 5.69 Å². The molecule has 1 atom stereocenters. The molecule has 1 aromatic heterocycles. The number of cyclic esters (lactones) is 1. The molecule has 0 spiro atoms. The van der Waals surface area contributed by atoms with Gasteiger partial charge < -0.3 is 19.3 Å². The Balaban J connectivity index is 1.45. The third-order valence-electron chi connectivity index (χ3n) is 4.74. The van der Waals surface area contributed by atoms with Crippen molar-refractivity contribution in [2.75, 3.05) is 43.2 Å². The molecule has 0 radical (unpaired) electrons.